The fourth-order valence-corrected chi connectivity index (χ4v) is 3.81. The third-order valence-electron chi connectivity index (χ3n) is 5.79. The zero-order chi connectivity index (χ0) is 21.9. The van der Waals surface area contributed by atoms with Gasteiger partial charge >= 0.3 is 0 Å². The molecule has 0 unspecified atom stereocenters. The van der Waals surface area contributed by atoms with E-state index >= 15 is 0 Å². The van der Waals surface area contributed by atoms with Crippen LogP contribution in [0.25, 0.3) is 0 Å². The van der Waals surface area contributed by atoms with E-state index in [1.807, 2.05) is 12.1 Å². The number of hydrogen-bond acceptors (Lipinski definition) is 4. The minimum atomic E-state index is 0. The maximum Gasteiger partial charge on any atom is 0.191 e. The van der Waals surface area contributed by atoms with Crippen LogP contribution >= 0.6 is 24.0 Å². The first-order chi connectivity index (χ1) is 15.2. The van der Waals surface area contributed by atoms with Crippen molar-refractivity contribution in [3.63, 3.8) is 0 Å². The van der Waals surface area contributed by atoms with Gasteiger partial charge in [-0.2, -0.15) is 0 Å². The summed E-state index contributed by atoms with van der Waals surface area (Å²) in [6.45, 7) is 13.3. The Morgan fingerprint density at radius 1 is 0.906 bits per heavy atom. The van der Waals surface area contributed by atoms with Gasteiger partial charge in [0.25, 0.3) is 0 Å². The molecule has 0 bridgehead atoms. The van der Waals surface area contributed by atoms with Crippen molar-refractivity contribution in [3.05, 3.63) is 65.2 Å². The standard InChI is InChI=1S/C25H37N5O.HI/c1-4-26-25(27-18-21-10-12-24(31-3)13-11-21)28-19-22-8-6-7-9-23(22)20-30-16-14-29(5-2)15-17-30;/h6-13H,4-5,14-20H2,1-3H3,(H2,26,27,28);1H. The first-order valence-corrected chi connectivity index (χ1v) is 11.4. The Kier molecular flexibility index (Phi) is 11.8. The fraction of sp³-hybridized carbons (Fsp3) is 0.480. The number of benzene rings is 2. The molecule has 0 radical (unpaired) electrons. The zero-order valence-corrected chi connectivity index (χ0v) is 22.0. The predicted molar refractivity (Wildman–Crippen MR) is 144 cm³/mol. The molecule has 1 aliphatic rings. The maximum atomic E-state index is 5.23. The van der Waals surface area contributed by atoms with Gasteiger partial charge < -0.3 is 20.3 Å². The number of ether oxygens (including phenoxy) is 1. The van der Waals surface area contributed by atoms with Crippen molar-refractivity contribution >= 4 is 29.9 Å². The number of hydrogen-bond donors (Lipinski definition) is 2. The van der Waals surface area contributed by atoms with E-state index in [0.29, 0.717) is 6.54 Å². The van der Waals surface area contributed by atoms with Crippen LogP contribution in [0.2, 0.25) is 0 Å². The summed E-state index contributed by atoms with van der Waals surface area (Å²) >= 11 is 0. The largest absolute Gasteiger partial charge is 0.497 e. The summed E-state index contributed by atoms with van der Waals surface area (Å²) in [7, 11) is 1.68. The average molecular weight is 552 g/mol. The molecule has 3 rings (SSSR count). The van der Waals surface area contributed by atoms with Gasteiger partial charge in [0.2, 0.25) is 0 Å². The van der Waals surface area contributed by atoms with Gasteiger partial charge in [0.05, 0.1) is 13.7 Å². The monoisotopic (exact) mass is 551 g/mol. The molecule has 2 N–H and O–H groups in total. The molecule has 0 spiro atoms. The molecule has 0 amide bonds. The molecule has 0 atom stereocenters. The zero-order valence-electron chi connectivity index (χ0n) is 19.6. The molecule has 1 saturated heterocycles. The number of piperazine rings is 1. The van der Waals surface area contributed by atoms with Gasteiger partial charge in [-0.3, -0.25) is 4.90 Å². The Morgan fingerprint density at radius 2 is 1.56 bits per heavy atom. The molecule has 6 nitrogen and oxygen atoms in total. The highest BCUT2D eigenvalue weighted by molar-refractivity contribution is 14.0. The Morgan fingerprint density at radius 3 is 2.19 bits per heavy atom. The van der Waals surface area contributed by atoms with E-state index in [-0.39, 0.29) is 24.0 Å². The van der Waals surface area contributed by atoms with Crippen molar-refractivity contribution in [2.75, 3.05) is 46.4 Å². The first-order valence-electron chi connectivity index (χ1n) is 11.4. The van der Waals surface area contributed by atoms with Gasteiger partial charge in [0, 0.05) is 45.8 Å². The van der Waals surface area contributed by atoms with Gasteiger partial charge in [0.1, 0.15) is 5.75 Å². The molecule has 0 aliphatic carbocycles. The smallest absolute Gasteiger partial charge is 0.191 e. The van der Waals surface area contributed by atoms with Crippen molar-refractivity contribution in [3.8, 4) is 5.75 Å². The highest BCUT2D eigenvalue weighted by Gasteiger charge is 2.16. The quantitative estimate of drug-likeness (QED) is 0.283. The number of methoxy groups -OCH3 is 1. The van der Waals surface area contributed by atoms with Crippen LogP contribution < -0.4 is 15.4 Å². The van der Waals surface area contributed by atoms with Crippen molar-refractivity contribution in [1.82, 2.24) is 20.4 Å². The molecule has 176 valence electrons. The Balaban J connectivity index is 0.00000363. The van der Waals surface area contributed by atoms with E-state index in [1.54, 1.807) is 7.11 Å². The first kappa shape index (κ1) is 26.4. The van der Waals surface area contributed by atoms with E-state index in [9.17, 15) is 0 Å². The van der Waals surface area contributed by atoms with E-state index in [4.69, 9.17) is 9.73 Å². The predicted octanol–water partition coefficient (Wildman–Crippen LogP) is 3.71. The van der Waals surface area contributed by atoms with Crippen LogP contribution in [0.15, 0.2) is 53.5 Å². The lowest BCUT2D eigenvalue weighted by atomic mass is 10.1. The van der Waals surface area contributed by atoms with Crippen molar-refractivity contribution in [2.24, 2.45) is 4.99 Å². The van der Waals surface area contributed by atoms with E-state index in [2.05, 4.69) is 70.7 Å². The Hall–Kier alpha value is -1.84. The van der Waals surface area contributed by atoms with E-state index in [0.717, 1.165) is 56.5 Å². The summed E-state index contributed by atoms with van der Waals surface area (Å²) in [5.41, 5.74) is 3.88. The lowest BCUT2D eigenvalue weighted by Gasteiger charge is -2.34. The van der Waals surface area contributed by atoms with Gasteiger partial charge in [-0.15, -0.1) is 24.0 Å². The number of aliphatic imine (C=N–C) groups is 1. The molecule has 0 aromatic heterocycles. The summed E-state index contributed by atoms with van der Waals surface area (Å²) < 4.78 is 5.23. The molecule has 1 fully saturated rings. The Labute approximate surface area is 210 Å². The van der Waals surface area contributed by atoms with Crippen LogP contribution in [0, 0.1) is 0 Å². The van der Waals surface area contributed by atoms with Crippen molar-refractivity contribution in [1.29, 1.82) is 0 Å². The van der Waals surface area contributed by atoms with Gasteiger partial charge in [-0.05, 0) is 42.3 Å². The van der Waals surface area contributed by atoms with Crippen molar-refractivity contribution < 1.29 is 4.74 Å². The third-order valence-corrected chi connectivity index (χ3v) is 5.79. The number of rotatable bonds is 9. The maximum absolute atomic E-state index is 5.23. The lowest BCUT2D eigenvalue weighted by Crippen LogP contribution is -2.45. The second-order valence-electron chi connectivity index (χ2n) is 7.88. The van der Waals surface area contributed by atoms with Crippen LogP contribution in [0.3, 0.4) is 0 Å². The van der Waals surface area contributed by atoms with E-state index < -0.39 is 0 Å². The molecule has 32 heavy (non-hydrogen) atoms. The topological polar surface area (TPSA) is 52.1 Å². The highest BCUT2D eigenvalue weighted by Crippen LogP contribution is 2.14. The van der Waals surface area contributed by atoms with Gasteiger partial charge in [-0.1, -0.05) is 43.3 Å². The van der Waals surface area contributed by atoms with Gasteiger partial charge in [-0.25, -0.2) is 4.99 Å². The van der Waals surface area contributed by atoms with Crippen molar-refractivity contribution in [2.45, 2.75) is 33.5 Å². The number of guanidine groups is 1. The summed E-state index contributed by atoms with van der Waals surface area (Å²) in [5.74, 6) is 1.70. The molecule has 1 aliphatic heterocycles. The van der Waals surface area contributed by atoms with Crippen LogP contribution in [0.5, 0.6) is 5.75 Å². The fourth-order valence-electron chi connectivity index (χ4n) is 3.81. The average Bonchev–Trinajstić information content (AvgIpc) is 2.82. The van der Waals surface area contributed by atoms with Crippen LogP contribution in [0.4, 0.5) is 0 Å². The number of likely N-dealkylation sites (N-methyl/N-ethyl adjacent to an activating group) is 1. The molecule has 7 heteroatoms. The van der Waals surface area contributed by atoms with Crippen LogP contribution in [0.1, 0.15) is 30.5 Å². The third kappa shape index (κ3) is 8.26. The molecular weight excluding hydrogens is 513 g/mol. The summed E-state index contributed by atoms with van der Waals surface area (Å²) in [6, 6.07) is 16.8. The number of halogens is 1. The van der Waals surface area contributed by atoms with Gasteiger partial charge in [0.15, 0.2) is 5.96 Å². The highest BCUT2D eigenvalue weighted by atomic mass is 127. The van der Waals surface area contributed by atoms with Crippen LogP contribution in [-0.2, 0) is 19.6 Å². The summed E-state index contributed by atoms with van der Waals surface area (Å²) in [6.07, 6.45) is 0. The Bertz CT molecular complexity index is 819. The summed E-state index contributed by atoms with van der Waals surface area (Å²) in [4.78, 5) is 9.84. The molecular formula is C25H38IN5O. The second kappa shape index (κ2) is 14.3. The normalized spacial score (nSPS) is 15.2. The van der Waals surface area contributed by atoms with Crippen LogP contribution in [-0.4, -0.2) is 62.1 Å². The number of nitrogens with zero attached hydrogens (tertiary/aromatic N) is 3. The number of nitrogens with one attached hydrogen (secondary N) is 2. The minimum Gasteiger partial charge on any atom is -0.497 e. The SMILES string of the molecule is CCNC(=NCc1ccc(OC)cc1)NCc1ccccc1CN1CCN(CC)CC1.I. The summed E-state index contributed by atoms with van der Waals surface area (Å²) in [5, 5.41) is 6.87. The molecule has 0 saturated carbocycles. The van der Waals surface area contributed by atoms with E-state index in [1.165, 1.54) is 24.2 Å². The molecule has 1 heterocycles. The molecule has 2 aromatic carbocycles. The second-order valence-corrected chi connectivity index (χ2v) is 7.88. The molecule has 2 aromatic rings. The minimum absolute atomic E-state index is 0. The lowest BCUT2D eigenvalue weighted by molar-refractivity contribution is 0.131.